The highest BCUT2D eigenvalue weighted by Gasteiger charge is 2.17. The zero-order chi connectivity index (χ0) is 15.0. The molecule has 2 heterocycles. The topological polar surface area (TPSA) is 44.1 Å². The molecule has 0 fully saturated rings. The maximum Gasteiger partial charge on any atom is 0.340 e. The lowest BCUT2D eigenvalue weighted by Crippen LogP contribution is -1.99. The molecule has 0 saturated heterocycles. The quantitative estimate of drug-likeness (QED) is 0.678. The highest BCUT2D eigenvalue weighted by molar-refractivity contribution is 6.36. The zero-order valence-electron chi connectivity index (χ0n) is 11.6. The summed E-state index contributed by atoms with van der Waals surface area (Å²) in [5, 5.41) is 1.36. The molecule has 4 nitrogen and oxygen atoms in total. The van der Waals surface area contributed by atoms with Gasteiger partial charge in [-0.3, -0.25) is 4.98 Å². The first-order chi connectivity index (χ1) is 10.1. The lowest BCUT2D eigenvalue weighted by Gasteiger charge is -2.05. The van der Waals surface area contributed by atoms with Crippen LogP contribution in [-0.4, -0.2) is 22.6 Å². The minimum atomic E-state index is -0.375. The summed E-state index contributed by atoms with van der Waals surface area (Å²) in [5.41, 5.74) is 3.17. The molecule has 0 bridgehead atoms. The maximum absolute atomic E-state index is 11.9. The molecule has 0 aliphatic rings. The third kappa shape index (κ3) is 2.28. The highest BCUT2D eigenvalue weighted by Crippen LogP contribution is 2.33. The molecule has 0 aliphatic carbocycles. The lowest BCUT2D eigenvalue weighted by atomic mass is 10.0. The Bertz CT molecular complexity index is 825. The fraction of sp³-hybridized carbons (Fsp3) is 0.125. The van der Waals surface area contributed by atoms with Crippen molar-refractivity contribution in [1.82, 2.24) is 9.55 Å². The van der Waals surface area contributed by atoms with E-state index in [0.717, 1.165) is 22.0 Å². The Labute approximate surface area is 126 Å². The fourth-order valence-electron chi connectivity index (χ4n) is 2.46. The number of rotatable bonds is 2. The van der Waals surface area contributed by atoms with E-state index < -0.39 is 0 Å². The number of hydrogen-bond donors (Lipinski definition) is 0. The van der Waals surface area contributed by atoms with Crippen molar-refractivity contribution >= 4 is 28.5 Å². The van der Waals surface area contributed by atoms with Crippen molar-refractivity contribution in [2.24, 2.45) is 7.05 Å². The molecular formula is C16H13ClN2O2. The Kier molecular flexibility index (Phi) is 3.39. The van der Waals surface area contributed by atoms with E-state index in [-0.39, 0.29) is 5.97 Å². The number of pyridine rings is 1. The average molecular weight is 301 g/mol. The normalized spacial score (nSPS) is 10.8. The highest BCUT2D eigenvalue weighted by atomic mass is 35.5. The molecule has 0 radical (unpaired) electrons. The smallest absolute Gasteiger partial charge is 0.340 e. The molecule has 0 spiro atoms. The van der Waals surface area contributed by atoms with Gasteiger partial charge >= 0.3 is 5.97 Å². The molecule has 106 valence electrons. The predicted octanol–water partition coefficient (Wildman–Crippen LogP) is 3.68. The Morgan fingerprint density at radius 1 is 1.33 bits per heavy atom. The first kappa shape index (κ1) is 13.6. The van der Waals surface area contributed by atoms with Crippen LogP contribution in [0.2, 0.25) is 5.02 Å². The number of benzene rings is 1. The van der Waals surface area contributed by atoms with Crippen molar-refractivity contribution in [2.45, 2.75) is 0 Å². The molecule has 0 atom stereocenters. The first-order valence-corrected chi connectivity index (χ1v) is 6.77. The summed E-state index contributed by atoms with van der Waals surface area (Å²) in [6.45, 7) is 0. The van der Waals surface area contributed by atoms with Gasteiger partial charge in [0.05, 0.1) is 23.2 Å². The molecular weight excluding hydrogens is 288 g/mol. The largest absolute Gasteiger partial charge is 0.465 e. The number of fused-ring (bicyclic) bond motifs is 1. The number of aromatic nitrogens is 2. The maximum atomic E-state index is 11.9. The van der Waals surface area contributed by atoms with Gasteiger partial charge in [0.2, 0.25) is 0 Å². The number of carbonyl (C=O) groups excluding carboxylic acids is 1. The molecule has 5 heteroatoms. The van der Waals surface area contributed by atoms with E-state index in [1.807, 2.05) is 35.9 Å². The molecule has 0 N–H and O–H groups in total. The summed E-state index contributed by atoms with van der Waals surface area (Å²) in [6.07, 6.45) is 5.21. The van der Waals surface area contributed by atoms with Crippen LogP contribution < -0.4 is 0 Å². The third-order valence-electron chi connectivity index (χ3n) is 3.43. The fourth-order valence-corrected chi connectivity index (χ4v) is 2.82. The van der Waals surface area contributed by atoms with E-state index in [1.54, 1.807) is 18.6 Å². The zero-order valence-corrected chi connectivity index (χ0v) is 12.4. The van der Waals surface area contributed by atoms with Crippen LogP contribution in [0.5, 0.6) is 0 Å². The van der Waals surface area contributed by atoms with Gasteiger partial charge in [0.1, 0.15) is 0 Å². The second kappa shape index (κ2) is 5.22. The lowest BCUT2D eigenvalue weighted by molar-refractivity contribution is 0.0603. The first-order valence-electron chi connectivity index (χ1n) is 6.39. The van der Waals surface area contributed by atoms with Crippen LogP contribution in [0.1, 0.15) is 10.4 Å². The monoisotopic (exact) mass is 300 g/mol. The molecule has 0 amide bonds. The van der Waals surface area contributed by atoms with Crippen LogP contribution in [-0.2, 0) is 11.8 Å². The van der Waals surface area contributed by atoms with Gasteiger partial charge in [-0.25, -0.2) is 4.79 Å². The molecule has 0 saturated carbocycles. The van der Waals surface area contributed by atoms with Crippen LogP contribution in [0.3, 0.4) is 0 Å². The molecule has 0 unspecified atom stereocenters. The number of hydrogen-bond acceptors (Lipinski definition) is 3. The predicted molar refractivity (Wildman–Crippen MR) is 82.5 cm³/mol. The summed E-state index contributed by atoms with van der Waals surface area (Å²) in [7, 11) is 3.22. The number of halogens is 1. The van der Waals surface area contributed by atoms with Crippen LogP contribution in [0.25, 0.3) is 22.0 Å². The average Bonchev–Trinajstić information content (AvgIpc) is 2.85. The summed E-state index contributed by atoms with van der Waals surface area (Å²) < 4.78 is 6.67. The molecule has 2 aromatic heterocycles. The van der Waals surface area contributed by atoms with Gasteiger partial charge in [0.15, 0.2) is 0 Å². The molecule has 1 aromatic carbocycles. The number of aryl methyl sites for hydroxylation is 1. The molecule has 0 aliphatic heterocycles. The number of ether oxygens (including phenoxy) is 1. The molecule has 21 heavy (non-hydrogen) atoms. The van der Waals surface area contributed by atoms with Crippen molar-refractivity contribution in [1.29, 1.82) is 0 Å². The third-order valence-corrected chi connectivity index (χ3v) is 3.72. The van der Waals surface area contributed by atoms with Crippen LogP contribution in [0, 0.1) is 0 Å². The van der Waals surface area contributed by atoms with Crippen molar-refractivity contribution in [3.8, 4) is 11.1 Å². The van der Waals surface area contributed by atoms with Gasteiger partial charge < -0.3 is 9.30 Å². The van der Waals surface area contributed by atoms with Crippen molar-refractivity contribution in [3.05, 3.63) is 53.4 Å². The van der Waals surface area contributed by atoms with E-state index in [9.17, 15) is 4.79 Å². The summed E-state index contributed by atoms with van der Waals surface area (Å²) in [6, 6.07) is 7.62. The Morgan fingerprint density at radius 3 is 2.81 bits per heavy atom. The van der Waals surface area contributed by atoms with Crippen LogP contribution >= 0.6 is 11.6 Å². The van der Waals surface area contributed by atoms with Gasteiger partial charge in [-0.15, -0.1) is 0 Å². The van der Waals surface area contributed by atoms with Crippen molar-refractivity contribution < 1.29 is 9.53 Å². The van der Waals surface area contributed by atoms with E-state index in [1.165, 1.54) is 7.11 Å². The Morgan fingerprint density at radius 2 is 2.14 bits per heavy atom. The van der Waals surface area contributed by atoms with E-state index in [2.05, 4.69) is 4.98 Å². The number of methoxy groups -OCH3 is 1. The number of carbonyl (C=O) groups is 1. The summed E-state index contributed by atoms with van der Waals surface area (Å²) in [4.78, 5) is 16.0. The van der Waals surface area contributed by atoms with E-state index >= 15 is 0 Å². The number of nitrogens with zero attached hydrogens (tertiary/aromatic N) is 2. The summed E-state index contributed by atoms with van der Waals surface area (Å²) in [5.74, 6) is -0.375. The van der Waals surface area contributed by atoms with E-state index in [0.29, 0.717) is 10.6 Å². The minimum absolute atomic E-state index is 0.375. The molecule has 3 aromatic rings. The van der Waals surface area contributed by atoms with Gasteiger partial charge in [0.25, 0.3) is 0 Å². The minimum Gasteiger partial charge on any atom is -0.465 e. The van der Waals surface area contributed by atoms with Crippen LogP contribution in [0.15, 0.2) is 42.9 Å². The van der Waals surface area contributed by atoms with Gasteiger partial charge in [-0.1, -0.05) is 17.7 Å². The molecule has 3 rings (SSSR count). The Hall–Kier alpha value is -2.33. The second-order valence-corrected chi connectivity index (χ2v) is 5.15. The summed E-state index contributed by atoms with van der Waals surface area (Å²) >= 11 is 6.39. The standard InChI is InChI=1S/C16H13ClN2O2/c1-19-9-13(16(20)21-2)12-6-11(7-14(17)15(12)19)10-4-3-5-18-8-10/h3-9H,1-2H3. The van der Waals surface area contributed by atoms with Gasteiger partial charge in [-0.2, -0.15) is 0 Å². The SMILES string of the molecule is COC(=O)c1cn(C)c2c(Cl)cc(-c3cccnc3)cc12. The van der Waals surface area contributed by atoms with Crippen molar-refractivity contribution in [2.75, 3.05) is 7.11 Å². The second-order valence-electron chi connectivity index (χ2n) is 4.74. The Balaban J connectivity index is 2.30. The van der Waals surface area contributed by atoms with Crippen LogP contribution in [0.4, 0.5) is 0 Å². The van der Waals surface area contributed by atoms with Gasteiger partial charge in [0, 0.05) is 36.6 Å². The van der Waals surface area contributed by atoms with E-state index in [4.69, 9.17) is 16.3 Å². The number of esters is 1. The van der Waals surface area contributed by atoms with Crippen molar-refractivity contribution in [3.63, 3.8) is 0 Å². The van der Waals surface area contributed by atoms with Gasteiger partial charge in [-0.05, 0) is 23.8 Å².